The van der Waals surface area contributed by atoms with Gasteiger partial charge in [-0.15, -0.1) is 5.10 Å². The molecule has 0 unspecified atom stereocenters. The monoisotopic (exact) mass is 477 g/mol. The molecule has 0 fully saturated rings. The Hall–Kier alpha value is -2.99. The highest BCUT2D eigenvalue weighted by Gasteiger charge is 2.29. The second-order valence-corrected chi connectivity index (χ2v) is 8.99. The van der Waals surface area contributed by atoms with Crippen LogP contribution >= 0.6 is 0 Å². The summed E-state index contributed by atoms with van der Waals surface area (Å²) in [6.07, 6.45) is 2.39. The average Bonchev–Trinajstić information content (AvgIpc) is 3.40. The fraction of sp³-hybridized carbons (Fsp3) is 0.682. The van der Waals surface area contributed by atoms with Crippen molar-refractivity contribution in [1.82, 2.24) is 30.0 Å². The number of aromatic nitrogens is 4. The van der Waals surface area contributed by atoms with Gasteiger partial charge in [0.25, 0.3) is 0 Å². The first-order chi connectivity index (χ1) is 16.2. The van der Waals surface area contributed by atoms with Gasteiger partial charge in [-0.25, -0.2) is 4.79 Å². The van der Waals surface area contributed by atoms with Crippen LogP contribution in [0.5, 0.6) is 0 Å². The maximum absolute atomic E-state index is 12.9. The maximum Gasteiger partial charge on any atom is 0.321 e. The molecule has 0 aliphatic carbocycles. The summed E-state index contributed by atoms with van der Waals surface area (Å²) in [4.78, 5) is 29.0. The number of aliphatic hydroxyl groups is 1. The molecular weight excluding hydrogens is 442 g/mol. The summed E-state index contributed by atoms with van der Waals surface area (Å²) in [7, 11) is 1.68. The SMILES string of the molecule is Cc1noc(C)c1NC(=O)N(C)C[C@@H]1OCc2cn(nn2)CCCC(=O)N([C@H](C)CO)C[C@H]1C. The van der Waals surface area contributed by atoms with E-state index in [1.807, 2.05) is 20.0 Å². The molecule has 3 atom stereocenters. The van der Waals surface area contributed by atoms with E-state index in [9.17, 15) is 14.7 Å². The molecule has 12 heteroatoms. The van der Waals surface area contributed by atoms with Crippen molar-refractivity contribution in [1.29, 1.82) is 0 Å². The molecule has 188 valence electrons. The predicted octanol–water partition coefficient (Wildman–Crippen LogP) is 1.57. The van der Waals surface area contributed by atoms with Gasteiger partial charge in [-0.1, -0.05) is 17.3 Å². The second-order valence-electron chi connectivity index (χ2n) is 8.99. The highest BCUT2D eigenvalue weighted by molar-refractivity contribution is 5.90. The van der Waals surface area contributed by atoms with Crippen molar-refractivity contribution in [2.45, 2.75) is 65.8 Å². The Labute approximate surface area is 199 Å². The van der Waals surface area contributed by atoms with E-state index in [4.69, 9.17) is 9.26 Å². The number of ether oxygens (including phenoxy) is 1. The van der Waals surface area contributed by atoms with Gasteiger partial charge in [-0.3, -0.25) is 9.48 Å². The Balaban J connectivity index is 1.77. The van der Waals surface area contributed by atoms with E-state index >= 15 is 0 Å². The number of rotatable bonds is 5. The van der Waals surface area contributed by atoms with E-state index in [-0.39, 0.29) is 43.7 Å². The highest BCUT2D eigenvalue weighted by atomic mass is 16.5. The van der Waals surface area contributed by atoms with Crippen LogP contribution in [0, 0.1) is 19.8 Å². The molecule has 3 rings (SSSR count). The third kappa shape index (κ3) is 6.32. The predicted molar refractivity (Wildman–Crippen MR) is 123 cm³/mol. The van der Waals surface area contributed by atoms with Gasteiger partial charge in [0.15, 0.2) is 5.76 Å². The molecule has 0 saturated heterocycles. The van der Waals surface area contributed by atoms with Gasteiger partial charge in [-0.2, -0.15) is 0 Å². The van der Waals surface area contributed by atoms with Crippen LogP contribution in [0.1, 0.15) is 43.8 Å². The molecule has 3 amide bonds. The molecule has 0 spiro atoms. The minimum Gasteiger partial charge on any atom is -0.394 e. The number of hydrogen-bond donors (Lipinski definition) is 2. The van der Waals surface area contributed by atoms with E-state index in [0.717, 1.165) is 0 Å². The van der Waals surface area contributed by atoms with Crippen molar-refractivity contribution in [3.8, 4) is 0 Å². The van der Waals surface area contributed by atoms with Crippen LogP contribution in [0.2, 0.25) is 0 Å². The van der Waals surface area contributed by atoms with Gasteiger partial charge in [0.05, 0.1) is 31.6 Å². The zero-order valence-electron chi connectivity index (χ0n) is 20.5. The number of aliphatic hydroxyl groups excluding tert-OH is 1. The third-order valence-electron chi connectivity index (χ3n) is 6.11. The molecule has 3 heterocycles. The Morgan fingerprint density at radius 3 is 2.85 bits per heavy atom. The standard InChI is InChI=1S/C22H35N7O5/c1-14-9-29(15(2)12-30)20(31)7-6-8-28-10-18(24-26-28)13-33-19(14)11-27(5)22(32)23-21-16(3)25-34-17(21)4/h10,14-15,19,30H,6-9,11-13H2,1-5H3,(H,23,32)/t14-,15-,19+/m1/s1. The number of fused-ring (bicyclic) bond motifs is 2. The van der Waals surface area contributed by atoms with Crippen LogP contribution in [0.25, 0.3) is 0 Å². The summed E-state index contributed by atoms with van der Waals surface area (Å²) in [6, 6.07) is -0.644. The van der Waals surface area contributed by atoms with E-state index < -0.39 is 6.10 Å². The largest absolute Gasteiger partial charge is 0.394 e. The lowest BCUT2D eigenvalue weighted by molar-refractivity contribution is -0.136. The van der Waals surface area contributed by atoms with Crippen LogP contribution in [0.3, 0.4) is 0 Å². The first-order valence-corrected chi connectivity index (χ1v) is 11.6. The lowest BCUT2D eigenvalue weighted by Gasteiger charge is -2.35. The van der Waals surface area contributed by atoms with Crippen molar-refractivity contribution in [3.63, 3.8) is 0 Å². The highest BCUT2D eigenvalue weighted by Crippen LogP contribution is 2.20. The van der Waals surface area contributed by atoms with E-state index in [2.05, 4.69) is 20.8 Å². The molecule has 1 aliphatic heterocycles. The van der Waals surface area contributed by atoms with Gasteiger partial charge >= 0.3 is 6.03 Å². The van der Waals surface area contributed by atoms with Crippen molar-refractivity contribution in [3.05, 3.63) is 23.3 Å². The van der Waals surface area contributed by atoms with Crippen molar-refractivity contribution in [2.75, 3.05) is 32.1 Å². The number of nitrogens with zero attached hydrogens (tertiary/aromatic N) is 6. The number of carbonyl (C=O) groups is 2. The Bertz CT molecular complexity index is 955. The summed E-state index contributed by atoms with van der Waals surface area (Å²) in [5, 5.41) is 24.7. The molecule has 0 saturated carbocycles. The first-order valence-electron chi connectivity index (χ1n) is 11.6. The van der Waals surface area contributed by atoms with Crippen LogP contribution in [0.4, 0.5) is 10.5 Å². The number of amides is 3. The molecule has 1 aliphatic rings. The smallest absolute Gasteiger partial charge is 0.321 e. The molecule has 2 aromatic rings. The molecule has 2 aromatic heterocycles. The Morgan fingerprint density at radius 2 is 2.18 bits per heavy atom. The Kier molecular flexibility index (Phi) is 8.61. The molecular formula is C22H35N7O5. The third-order valence-corrected chi connectivity index (χ3v) is 6.11. The second kappa shape index (κ2) is 11.4. The number of carbonyl (C=O) groups excluding carboxylic acids is 2. The Morgan fingerprint density at radius 1 is 1.41 bits per heavy atom. The average molecular weight is 478 g/mol. The van der Waals surface area contributed by atoms with Crippen LogP contribution in [-0.2, 0) is 22.7 Å². The lowest BCUT2D eigenvalue weighted by Crippen LogP contribution is -2.48. The topological polar surface area (TPSA) is 139 Å². The number of hydrogen-bond acceptors (Lipinski definition) is 8. The minimum atomic E-state index is -0.396. The molecule has 0 radical (unpaired) electrons. The van der Waals surface area contributed by atoms with Crippen LogP contribution in [-0.4, -0.2) is 85.9 Å². The first kappa shape index (κ1) is 25.6. The van der Waals surface area contributed by atoms with Crippen molar-refractivity contribution < 1.29 is 24.0 Å². The van der Waals surface area contributed by atoms with E-state index in [1.165, 1.54) is 4.90 Å². The number of urea groups is 1. The summed E-state index contributed by atoms with van der Waals surface area (Å²) < 4.78 is 13.0. The van der Waals surface area contributed by atoms with Crippen LogP contribution < -0.4 is 5.32 Å². The molecule has 0 aromatic carbocycles. The van der Waals surface area contributed by atoms with E-state index in [1.54, 1.807) is 30.5 Å². The molecule has 2 bridgehead atoms. The zero-order chi connectivity index (χ0) is 24.8. The van der Waals surface area contributed by atoms with Gasteiger partial charge in [0.2, 0.25) is 5.91 Å². The summed E-state index contributed by atoms with van der Waals surface area (Å²) >= 11 is 0. The summed E-state index contributed by atoms with van der Waals surface area (Å²) in [5.74, 6) is 0.375. The molecule has 34 heavy (non-hydrogen) atoms. The van der Waals surface area contributed by atoms with Gasteiger partial charge < -0.3 is 29.5 Å². The molecule has 12 nitrogen and oxygen atoms in total. The van der Waals surface area contributed by atoms with Crippen LogP contribution in [0.15, 0.2) is 10.7 Å². The lowest BCUT2D eigenvalue weighted by atomic mass is 10.0. The number of nitrogens with one attached hydrogen (secondary N) is 1. The number of aryl methyl sites for hydroxylation is 3. The van der Waals surface area contributed by atoms with Crippen molar-refractivity contribution in [2.24, 2.45) is 5.92 Å². The summed E-state index contributed by atoms with van der Waals surface area (Å²) in [5.41, 5.74) is 1.83. The normalized spacial score (nSPS) is 20.8. The fourth-order valence-corrected chi connectivity index (χ4v) is 3.91. The van der Waals surface area contributed by atoms with Gasteiger partial charge in [0, 0.05) is 39.0 Å². The molecule has 2 N–H and O–H groups in total. The number of anilines is 1. The quantitative estimate of drug-likeness (QED) is 0.662. The van der Waals surface area contributed by atoms with Crippen molar-refractivity contribution >= 4 is 17.6 Å². The van der Waals surface area contributed by atoms with Gasteiger partial charge in [-0.05, 0) is 27.2 Å². The fourth-order valence-electron chi connectivity index (χ4n) is 3.91. The van der Waals surface area contributed by atoms with Gasteiger partial charge in [0.1, 0.15) is 17.1 Å². The minimum absolute atomic E-state index is 0.0313. The maximum atomic E-state index is 12.9. The zero-order valence-corrected chi connectivity index (χ0v) is 20.5. The summed E-state index contributed by atoms with van der Waals surface area (Å²) in [6.45, 7) is 8.65. The van der Waals surface area contributed by atoms with E-state index in [0.29, 0.717) is 48.8 Å². The number of likely N-dealkylation sites (N-methyl/N-ethyl adjacent to an activating group) is 1.